The SMILES string of the molecule is C.C=C\C=C(C1=C(/C)Cc2ccccc2C=C/C=C\1)\c1ccc(-c2cccc(C3=CC=C(CC=C)C3=C)c2)cc1.CC. The average Bonchev–Trinajstić information content (AvgIpc) is 3.40. The third kappa shape index (κ3) is 7.14. The Balaban J connectivity index is 0.00000158. The standard InChI is InChI=1S/C39H34.C2H6.CH4/c1-5-12-30-24-25-38(29(30)4)36-18-11-17-35(27-36)32-20-22-33(23-21-32)39(13-6-2)37-19-10-9-15-31-14-7-8-16-34(31)26-28(37)3;1-2;/h5-11,13-25,27H,1-2,4,12,26H2,3H3;1-2H3;1H4/b15-9?,19-10-,37-28-,39-13-;;. The Bertz CT molecular complexity index is 1620. The number of rotatable bonds is 7. The Morgan fingerprint density at radius 3 is 2.26 bits per heavy atom. The van der Waals surface area contributed by atoms with Crippen molar-refractivity contribution in [2.75, 3.05) is 0 Å². The maximum Gasteiger partial charge on any atom is -0.00547 e. The van der Waals surface area contributed by atoms with E-state index in [2.05, 4.69) is 142 Å². The van der Waals surface area contributed by atoms with Gasteiger partial charge in [0.15, 0.2) is 0 Å². The fraction of sp³-hybridized carbons (Fsp3) is 0.143. The van der Waals surface area contributed by atoms with Crippen molar-refractivity contribution in [3.8, 4) is 11.1 Å². The second kappa shape index (κ2) is 15.4. The molecule has 0 radical (unpaired) electrons. The predicted molar refractivity (Wildman–Crippen MR) is 189 cm³/mol. The van der Waals surface area contributed by atoms with Gasteiger partial charge in [-0.15, -0.1) is 6.58 Å². The van der Waals surface area contributed by atoms with E-state index in [-0.39, 0.29) is 7.43 Å². The van der Waals surface area contributed by atoms with Crippen molar-refractivity contribution in [3.05, 3.63) is 186 Å². The molecule has 0 nitrogen and oxygen atoms in total. The van der Waals surface area contributed by atoms with Crippen LogP contribution in [-0.2, 0) is 6.42 Å². The first-order valence-electron chi connectivity index (χ1n) is 14.5. The van der Waals surface area contributed by atoms with E-state index in [0.717, 1.165) is 18.4 Å². The zero-order valence-electron chi connectivity index (χ0n) is 24.7. The molecule has 0 unspecified atom stereocenters. The van der Waals surface area contributed by atoms with E-state index in [1.165, 1.54) is 61.2 Å². The topological polar surface area (TPSA) is 0 Å². The van der Waals surface area contributed by atoms with Gasteiger partial charge in [-0.25, -0.2) is 0 Å². The van der Waals surface area contributed by atoms with Crippen molar-refractivity contribution >= 4 is 17.2 Å². The minimum absolute atomic E-state index is 0. The maximum atomic E-state index is 4.33. The molecule has 3 aromatic rings. The second-order valence-corrected chi connectivity index (χ2v) is 10.0. The van der Waals surface area contributed by atoms with Gasteiger partial charge in [-0.2, -0.15) is 0 Å². The van der Waals surface area contributed by atoms with E-state index in [9.17, 15) is 0 Å². The highest BCUT2D eigenvalue weighted by Crippen LogP contribution is 2.36. The molecule has 3 aromatic carbocycles. The summed E-state index contributed by atoms with van der Waals surface area (Å²) in [6.45, 7) is 18.5. The molecule has 0 amide bonds. The Morgan fingerprint density at radius 2 is 1.52 bits per heavy atom. The Kier molecular flexibility index (Phi) is 11.6. The normalized spacial score (nSPS) is 16.7. The van der Waals surface area contributed by atoms with E-state index >= 15 is 0 Å². The average molecular weight is 549 g/mol. The van der Waals surface area contributed by atoms with E-state index in [1.54, 1.807) is 0 Å². The first kappa shape index (κ1) is 31.8. The molecule has 2 aliphatic carbocycles. The molecule has 0 aliphatic heterocycles. The van der Waals surface area contributed by atoms with Gasteiger partial charge in [0.05, 0.1) is 0 Å². The van der Waals surface area contributed by atoms with Crippen LogP contribution in [0.5, 0.6) is 0 Å². The fourth-order valence-electron chi connectivity index (χ4n) is 5.35. The van der Waals surface area contributed by atoms with Crippen molar-refractivity contribution < 1.29 is 0 Å². The van der Waals surface area contributed by atoms with Gasteiger partial charge < -0.3 is 0 Å². The van der Waals surface area contributed by atoms with Crippen molar-refractivity contribution in [1.29, 1.82) is 0 Å². The molecule has 0 fully saturated rings. The van der Waals surface area contributed by atoms with Crippen molar-refractivity contribution in [3.63, 3.8) is 0 Å². The Hall–Kier alpha value is -4.68. The van der Waals surface area contributed by atoms with Gasteiger partial charge in [0.25, 0.3) is 0 Å². The van der Waals surface area contributed by atoms with Crippen molar-refractivity contribution in [1.82, 2.24) is 0 Å². The minimum Gasteiger partial charge on any atom is -0.103 e. The summed E-state index contributed by atoms with van der Waals surface area (Å²) in [5, 5.41) is 0. The summed E-state index contributed by atoms with van der Waals surface area (Å²) < 4.78 is 0. The second-order valence-electron chi connectivity index (χ2n) is 10.0. The molecule has 2 aliphatic rings. The van der Waals surface area contributed by atoms with Crippen LogP contribution in [0.1, 0.15) is 56.9 Å². The molecule has 212 valence electrons. The molecule has 0 saturated carbocycles. The fourth-order valence-corrected chi connectivity index (χ4v) is 5.35. The Labute approximate surface area is 254 Å². The highest BCUT2D eigenvalue weighted by atomic mass is 14.2. The molecule has 0 heterocycles. The highest BCUT2D eigenvalue weighted by molar-refractivity contribution is 5.89. The first-order chi connectivity index (χ1) is 20.1. The monoisotopic (exact) mass is 548 g/mol. The van der Waals surface area contributed by atoms with Crippen LogP contribution in [0, 0.1) is 0 Å². The number of benzene rings is 3. The van der Waals surface area contributed by atoms with Crippen molar-refractivity contribution in [2.24, 2.45) is 0 Å². The number of allylic oxidation sites excluding steroid dienone is 14. The molecule has 0 aromatic heterocycles. The van der Waals surface area contributed by atoms with Gasteiger partial charge in [0.2, 0.25) is 0 Å². The lowest BCUT2D eigenvalue weighted by molar-refractivity contribution is 1.12. The minimum atomic E-state index is 0. The molecule has 0 bridgehead atoms. The lowest BCUT2D eigenvalue weighted by Crippen LogP contribution is -1.97. The third-order valence-electron chi connectivity index (χ3n) is 7.43. The van der Waals surface area contributed by atoms with Crippen LogP contribution in [0.2, 0.25) is 0 Å². The maximum absolute atomic E-state index is 4.33. The summed E-state index contributed by atoms with van der Waals surface area (Å²) >= 11 is 0. The lowest BCUT2D eigenvalue weighted by Gasteiger charge is -2.15. The summed E-state index contributed by atoms with van der Waals surface area (Å²) in [6, 6.07) is 26.2. The zero-order chi connectivity index (χ0) is 29.2. The van der Waals surface area contributed by atoms with Crippen LogP contribution in [0.4, 0.5) is 0 Å². The van der Waals surface area contributed by atoms with E-state index in [4.69, 9.17) is 0 Å². The number of hydrogen-bond acceptors (Lipinski definition) is 0. The molecular weight excluding hydrogens is 504 g/mol. The summed E-state index contributed by atoms with van der Waals surface area (Å²) in [6.07, 6.45) is 20.7. The molecule has 0 saturated heterocycles. The summed E-state index contributed by atoms with van der Waals surface area (Å²) in [4.78, 5) is 0. The molecule has 0 atom stereocenters. The summed E-state index contributed by atoms with van der Waals surface area (Å²) in [5.74, 6) is 0. The van der Waals surface area contributed by atoms with Crippen LogP contribution in [-0.4, -0.2) is 0 Å². The predicted octanol–water partition coefficient (Wildman–Crippen LogP) is 12.2. The number of hydrogen-bond donors (Lipinski definition) is 0. The van der Waals surface area contributed by atoms with Gasteiger partial charge in [0, 0.05) is 0 Å². The van der Waals surface area contributed by atoms with E-state index in [1.807, 2.05) is 26.0 Å². The summed E-state index contributed by atoms with van der Waals surface area (Å²) in [5.41, 5.74) is 14.6. The lowest BCUT2D eigenvalue weighted by atomic mass is 9.89. The molecule has 42 heavy (non-hydrogen) atoms. The van der Waals surface area contributed by atoms with Gasteiger partial charge in [0.1, 0.15) is 0 Å². The largest absolute Gasteiger partial charge is 0.103 e. The van der Waals surface area contributed by atoms with Gasteiger partial charge in [-0.05, 0) is 87.1 Å². The van der Waals surface area contributed by atoms with Crippen molar-refractivity contribution in [2.45, 2.75) is 41.0 Å². The third-order valence-corrected chi connectivity index (χ3v) is 7.43. The van der Waals surface area contributed by atoms with Gasteiger partial charge in [-0.3, -0.25) is 0 Å². The molecule has 5 rings (SSSR count). The van der Waals surface area contributed by atoms with Crippen LogP contribution < -0.4 is 0 Å². The van der Waals surface area contributed by atoms with Crippen LogP contribution in [0.3, 0.4) is 0 Å². The molecule has 0 N–H and O–H groups in total. The quantitative estimate of drug-likeness (QED) is 0.203. The molecule has 0 heteroatoms. The van der Waals surface area contributed by atoms with E-state index < -0.39 is 0 Å². The Morgan fingerprint density at radius 1 is 0.810 bits per heavy atom. The molecular formula is C42H44. The zero-order valence-corrected chi connectivity index (χ0v) is 24.7. The molecule has 0 spiro atoms. The first-order valence-corrected chi connectivity index (χ1v) is 14.5. The van der Waals surface area contributed by atoms with Crippen LogP contribution >= 0.6 is 0 Å². The van der Waals surface area contributed by atoms with Crippen LogP contribution in [0.15, 0.2) is 163 Å². The smallest absolute Gasteiger partial charge is 0.00547 e. The highest BCUT2D eigenvalue weighted by Gasteiger charge is 2.15. The number of fused-ring (bicyclic) bond motifs is 1. The van der Waals surface area contributed by atoms with Gasteiger partial charge >= 0.3 is 0 Å². The van der Waals surface area contributed by atoms with Crippen LogP contribution in [0.25, 0.3) is 28.3 Å². The van der Waals surface area contributed by atoms with Gasteiger partial charge in [-0.1, -0.05) is 161 Å². The summed E-state index contributed by atoms with van der Waals surface area (Å²) in [7, 11) is 0. The van der Waals surface area contributed by atoms with E-state index in [0.29, 0.717) is 0 Å².